The summed E-state index contributed by atoms with van der Waals surface area (Å²) in [5.74, 6) is -0.705. The van der Waals surface area contributed by atoms with Crippen LogP contribution < -0.4 is 9.62 Å². The van der Waals surface area contributed by atoms with Gasteiger partial charge in [-0.1, -0.05) is 6.08 Å². The molecule has 1 amide bonds. The Bertz CT molecular complexity index is 1110. The average molecular weight is 404 g/mol. The zero-order chi connectivity index (χ0) is 19.6. The molecule has 1 heterocycles. The number of carbonyl (C=O) groups is 1. The number of rotatable bonds is 6. The summed E-state index contributed by atoms with van der Waals surface area (Å²) in [4.78, 5) is 12.6. The first-order valence-corrected chi connectivity index (χ1v) is 10.3. The molecule has 0 aliphatic carbocycles. The highest BCUT2D eigenvalue weighted by molar-refractivity contribution is 7.92. The van der Waals surface area contributed by atoms with Crippen LogP contribution in [-0.2, 0) is 10.0 Å². The molecule has 0 fully saturated rings. The third kappa shape index (κ3) is 3.86. The smallest absolute Gasteiger partial charge is 0.264 e. The number of benzene rings is 2. The number of halogens is 1. The number of sulfonamides is 1. The molecule has 0 saturated carbocycles. The average Bonchev–Trinajstić information content (AvgIpc) is 3.09. The van der Waals surface area contributed by atoms with Crippen LogP contribution in [0.5, 0.6) is 0 Å². The second-order valence-corrected chi connectivity index (χ2v) is 8.81. The van der Waals surface area contributed by atoms with E-state index >= 15 is 0 Å². The van der Waals surface area contributed by atoms with Crippen molar-refractivity contribution in [3.05, 3.63) is 71.9 Å². The van der Waals surface area contributed by atoms with Crippen LogP contribution in [0.3, 0.4) is 0 Å². The molecule has 0 saturated heterocycles. The van der Waals surface area contributed by atoms with Crippen LogP contribution in [0, 0.1) is 5.82 Å². The van der Waals surface area contributed by atoms with Gasteiger partial charge in [0.25, 0.3) is 15.9 Å². The lowest BCUT2D eigenvalue weighted by Crippen LogP contribution is -2.26. The number of anilines is 1. The number of amides is 1. The molecule has 27 heavy (non-hydrogen) atoms. The van der Waals surface area contributed by atoms with Gasteiger partial charge in [0.15, 0.2) is 0 Å². The maximum absolute atomic E-state index is 13.1. The summed E-state index contributed by atoms with van der Waals surface area (Å²) in [6, 6.07) is 11.5. The Hall–Kier alpha value is -2.71. The van der Waals surface area contributed by atoms with Gasteiger partial charge in [-0.2, -0.15) is 0 Å². The van der Waals surface area contributed by atoms with Crippen LogP contribution in [0.4, 0.5) is 10.1 Å². The number of thiophene rings is 1. The zero-order valence-electron chi connectivity index (χ0n) is 14.5. The molecule has 1 N–H and O–H groups in total. The van der Waals surface area contributed by atoms with Gasteiger partial charge in [0.2, 0.25) is 0 Å². The van der Waals surface area contributed by atoms with Gasteiger partial charge in [-0.05, 0) is 53.9 Å². The van der Waals surface area contributed by atoms with Crippen molar-refractivity contribution >= 4 is 43.0 Å². The predicted molar refractivity (Wildman–Crippen MR) is 106 cm³/mol. The molecular formula is C19H17FN2O3S2. The van der Waals surface area contributed by atoms with Gasteiger partial charge in [0.1, 0.15) is 5.82 Å². The Morgan fingerprint density at radius 2 is 1.93 bits per heavy atom. The van der Waals surface area contributed by atoms with Gasteiger partial charge >= 0.3 is 0 Å². The first-order valence-electron chi connectivity index (χ1n) is 8.00. The minimum atomic E-state index is -3.82. The van der Waals surface area contributed by atoms with E-state index in [2.05, 4.69) is 11.9 Å². The number of nitrogens with zero attached hydrogens (tertiary/aromatic N) is 1. The van der Waals surface area contributed by atoms with Gasteiger partial charge in [0, 0.05) is 18.3 Å². The van der Waals surface area contributed by atoms with E-state index in [1.165, 1.54) is 30.5 Å². The lowest BCUT2D eigenvalue weighted by atomic mass is 10.2. The minimum Gasteiger partial charge on any atom is -0.348 e. The van der Waals surface area contributed by atoms with Crippen LogP contribution in [0.1, 0.15) is 9.67 Å². The molecule has 0 bridgehead atoms. The summed E-state index contributed by atoms with van der Waals surface area (Å²) < 4.78 is 40.6. The van der Waals surface area contributed by atoms with Crippen molar-refractivity contribution in [3.8, 4) is 0 Å². The third-order valence-electron chi connectivity index (χ3n) is 3.97. The third-order valence-corrected chi connectivity index (χ3v) is 6.88. The molecule has 0 atom stereocenters. The summed E-state index contributed by atoms with van der Waals surface area (Å²) in [6.45, 7) is 3.93. The molecule has 0 aliphatic heterocycles. The van der Waals surface area contributed by atoms with Gasteiger partial charge in [-0.3, -0.25) is 9.10 Å². The van der Waals surface area contributed by atoms with Crippen LogP contribution in [0.25, 0.3) is 10.1 Å². The number of carbonyl (C=O) groups excluding carboxylic acids is 1. The molecular weight excluding hydrogens is 387 g/mol. The largest absolute Gasteiger partial charge is 0.348 e. The van der Waals surface area contributed by atoms with Gasteiger partial charge in [0.05, 0.1) is 15.5 Å². The highest BCUT2D eigenvalue weighted by atomic mass is 32.2. The van der Waals surface area contributed by atoms with E-state index in [1.54, 1.807) is 30.3 Å². The zero-order valence-corrected chi connectivity index (χ0v) is 16.1. The van der Waals surface area contributed by atoms with Gasteiger partial charge in [-0.25, -0.2) is 12.8 Å². The number of fused-ring (bicyclic) bond motifs is 1. The monoisotopic (exact) mass is 404 g/mol. The van der Waals surface area contributed by atoms with E-state index in [-0.39, 0.29) is 10.8 Å². The van der Waals surface area contributed by atoms with E-state index in [0.29, 0.717) is 17.1 Å². The van der Waals surface area contributed by atoms with Gasteiger partial charge < -0.3 is 5.32 Å². The predicted octanol–water partition coefficient (Wildman–Crippen LogP) is 3.78. The molecule has 0 spiro atoms. The first kappa shape index (κ1) is 19.1. The summed E-state index contributed by atoms with van der Waals surface area (Å²) >= 11 is 1.33. The molecule has 0 radical (unpaired) electrons. The fourth-order valence-corrected chi connectivity index (χ4v) is 4.64. The maximum atomic E-state index is 13.1. The SMILES string of the molecule is C=CCNC(=O)c1cc2cc(N(C)S(=O)(=O)c3ccc(F)cc3)ccc2s1. The highest BCUT2D eigenvalue weighted by Crippen LogP contribution is 2.31. The molecule has 5 nitrogen and oxygen atoms in total. The molecule has 8 heteroatoms. The minimum absolute atomic E-state index is 0.00121. The fourth-order valence-electron chi connectivity index (χ4n) is 2.49. The van der Waals surface area contributed by atoms with E-state index < -0.39 is 15.8 Å². The molecule has 2 aromatic carbocycles. The number of hydrogen-bond donors (Lipinski definition) is 1. The topological polar surface area (TPSA) is 66.5 Å². The molecule has 0 unspecified atom stereocenters. The quantitative estimate of drug-likeness (QED) is 0.636. The van der Waals surface area contributed by atoms with Crippen molar-refractivity contribution in [2.45, 2.75) is 4.90 Å². The highest BCUT2D eigenvalue weighted by Gasteiger charge is 2.22. The van der Waals surface area contributed by atoms with E-state index in [4.69, 9.17) is 0 Å². The second kappa shape index (κ2) is 7.50. The normalized spacial score (nSPS) is 11.3. The van der Waals surface area contributed by atoms with E-state index in [9.17, 15) is 17.6 Å². The Morgan fingerprint density at radius 3 is 2.59 bits per heavy atom. The Labute approximate surface area is 160 Å². The summed E-state index contributed by atoms with van der Waals surface area (Å²) in [5, 5.41) is 3.48. The molecule has 1 aromatic heterocycles. The summed E-state index contributed by atoms with van der Waals surface area (Å²) in [7, 11) is -2.38. The standard InChI is InChI=1S/C19H17FN2O3S2/c1-3-10-21-19(23)18-12-13-11-15(6-9-17(13)26-18)22(2)27(24,25)16-7-4-14(20)5-8-16/h3-9,11-12H,1,10H2,2H3,(H,21,23). The summed E-state index contributed by atoms with van der Waals surface area (Å²) in [5.41, 5.74) is 0.447. The van der Waals surface area contributed by atoms with Crippen molar-refractivity contribution in [1.29, 1.82) is 0 Å². The Balaban J connectivity index is 1.93. The van der Waals surface area contributed by atoms with Gasteiger partial charge in [-0.15, -0.1) is 17.9 Å². The lowest BCUT2D eigenvalue weighted by molar-refractivity contribution is 0.0962. The van der Waals surface area contributed by atoms with Crippen LogP contribution in [0.15, 0.2) is 66.1 Å². The number of nitrogens with one attached hydrogen (secondary N) is 1. The van der Waals surface area contributed by atoms with Crippen molar-refractivity contribution in [3.63, 3.8) is 0 Å². The molecule has 140 valence electrons. The first-order chi connectivity index (χ1) is 12.8. The lowest BCUT2D eigenvalue weighted by Gasteiger charge is -2.19. The van der Waals surface area contributed by atoms with Crippen molar-refractivity contribution < 1.29 is 17.6 Å². The Morgan fingerprint density at radius 1 is 1.22 bits per heavy atom. The molecule has 0 aliphatic rings. The van der Waals surface area contributed by atoms with Crippen LogP contribution in [0.2, 0.25) is 0 Å². The van der Waals surface area contributed by atoms with Crippen molar-refractivity contribution in [2.24, 2.45) is 0 Å². The maximum Gasteiger partial charge on any atom is 0.264 e. The van der Waals surface area contributed by atoms with E-state index in [0.717, 1.165) is 26.5 Å². The summed E-state index contributed by atoms with van der Waals surface area (Å²) in [6.07, 6.45) is 1.60. The van der Waals surface area contributed by atoms with Crippen molar-refractivity contribution in [1.82, 2.24) is 5.32 Å². The Kier molecular flexibility index (Phi) is 5.29. The molecule has 3 aromatic rings. The fraction of sp³-hybridized carbons (Fsp3) is 0.105. The second-order valence-electron chi connectivity index (χ2n) is 5.76. The van der Waals surface area contributed by atoms with Crippen LogP contribution in [-0.4, -0.2) is 27.9 Å². The van der Waals surface area contributed by atoms with Crippen molar-refractivity contribution in [2.75, 3.05) is 17.9 Å². The number of hydrogen-bond acceptors (Lipinski definition) is 4. The van der Waals surface area contributed by atoms with Crippen LogP contribution >= 0.6 is 11.3 Å². The molecule has 3 rings (SSSR count). The van der Waals surface area contributed by atoms with E-state index in [1.807, 2.05) is 0 Å².